The first kappa shape index (κ1) is 14.0. The normalized spacial score (nSPS) is 26.2. The number of hydrogen-bond donors (Lipinski definition) is 2. The molecule has 5 nitrogen and oxygen atoms in total. The lowest BCUT2D eigenvalue weighted by Crippen LogP contribution is -2.46. The van der Waals surface area contributed by atoms with Crippen molar-refractivity contribution < 1.29 is 9.59 Å². The van der Waals surface area contributed by atoms with E-state index in [1.54, 1.807) is 0 Å². The maximum absolute atomic E-state index is 12.2. The fraction of sp³-hybridized carbons (Fsp3) is 0.615. The van der Waals surface area contributed by atoms with Crippen molar-refractivity contribution >= 4 is 44.2 Å². The minimum Gasteiger partial charge on any atom is -0.353 e. The van der Waals surface area contributed by atoms with Crippen LogP contribution in [0.25, 0.3) is 0 Å². The summed E-state index contributed by atoms with van der Waals surface area (Å²) in [5.41, 5.74) is 1.03. The molecule has 2 unspecified atom stereocenters. The molecule has 2 aliphatic rings. The molecule has 1 saturated heterocycles. The van der Waals surface area contributed by atoms with Gasteiger partial charge in [0.1, 0.15) is 5.92 Å². The van der Waals surface area contributed by atoms with Gasteiger partial charge in [-0.25, -0.2) is 4.98 Å². The van der Waals surface area contributed by atoms with Crippen molar-refractivity contribution in [3.63, 3.8) is 0 Å². The van der Waals surface area contributed by atoms with Crippen LogP contribution in [0.1, 0.15) is 44.2 Å². The zero-order chi connectivity index (χ0) is 14.3. The second kappa shape index (κ2) is 5.44. The van der Waals surface area contributed by atoms with Gasteiger partial charge in [-0.05, 0) is 48.5 Å². The van der Waals surface area contributed by atoms with Gasteiger partial charge in [0.25, 0.3) is 0 Å². The van der Waals surface area contributed by atoms with Gasteiger partial charge in [-0.15, -0.1) is 0 Å². The maximum Gasteiger partial charge on any atom is 0.238 e. The first-order valence-corrected chi connectivity index (χ1v) is 8.43. The lowest BCUT2D eigenvalue weighted by atomic mass is 9.94. The quantitative estimate of drug-likeness (QED) is 0.816. The Morgan fingerprint density at radius 2 is 2.15 bits per heavy atom. The molecule has 7 heteroatoms. The molecule has 108 valence electrons. The lowest BCUT2D eigenvalue weighted by molar-refractivity contribution is -0.134. The second-order valence-electron chi connectivity index (χ2n) is 5.48. The largest absolute Gasteiger partial charge is 0.353 e. The van der Waals surface area contributed by atoms with Crippen LogP contribution in [0.4, 0.5) is 5.13 Å². The van der Waals surface area contributed by atoms with Crippen molar-refractivity contribution in [3.05, 3.63) is 9.48 Å². The van der Waals surface area contributed by atoms with E-state index in [1.165, 1.54) is 24.2 Å². The number of anilines is 1. The van der Waals surface area contributed by atoms with E-state index in [-0.39, 0.29) is 17.9 Å². The van der Waals surface area contributed by atoms with Crippen molar-refractivity contribution in [1.29, 1.82) is 0 Å². The van der Waals surface area contributed by atoms with E-state index in [0.717, 1.165) is 15.9 Å². The number of thiazole rings is 1. The number of amides is 2. The summed E-state index contributed by atoms with van der Waals surface area (Å²) in [6, 6.07) is 0.155. The average Bonchev–Trinajstić information content (AvgIpc) is 3.14. The van der Waals surface area contributed by atoms with Gasteiger partial charge in [0.15, 0.2) is 5.13 Å². The number of hydrogen-bond acceptors (Lipinski definition) is 4. The van der Waals surface area contributed by atoms with Crippen LogP contribution in [0.3, 0.4) is 0 Å². The van der Waals surface area contributed by atoms with Crippen molar-refractivity contribution in [2.24, 2.45) is 5.92 Å². The number of piperidine rings is 1. The molecule has 1 aromatic rings. The van der Waals surface area contributed by atoms with Gasteiger partial charge in [-0.3, -0.25) is 9.59 Å². The van der Waals surface area contributed by atoms with Gasteiger partial charge < -0.3 is 10.6 Å². The fourth-order valence-corrected chi connectivity index (χ4v) is 4.04. The van der Waals surface area contributed by atoms with Crippen molar-refractivity contribution in [2.45, 2.75) is 44.6 Å². The topological polar surface area (TPSA) is 71.1 Å². The molecule has 0 bridgehead atoms. The summed E-state index contributed by atoms with van der Waals surface area (Å²) in [7, 11) is 0. The average molecular weight is 358 g/mol. The van der Waals surface area contributed by atoms with Gasteiger partial charge in [0.05, 0.1) is 9.48 Å². The van der Waals surface area contributed by atoms with Gasteiger partial charge in [-0.1, -0.05) is 11.3 Å². The van der Waals surface area contributed by atoms with E-state index in [9.17, 15) is 9.59 Å². The minimum absolute atomic E-state index is 0.155. The Hall–Kier alpha value is -0.950. The van der Waals surface area contributed by atoms with E-state index in [0.29, 0.717) is 17.5 Å². The third kappa shape index (κ3) is 2.88. The van der Waals surface area contributed by atoms with Crippen LogP contribution < -0.4 is 10.6 Å². The summed E-state index contributed by atoms with van der Waals surface area (Å²) in [5.74, 6) is -0.499. The molecule has 3 rings (SSSR count). The number of nitrogens with one attached hydrogen (secondary N) is 2. The fourth-order valence-electron chi connectivity index (χ4n) is 2.38. The van der Waals surface area contributed by atoms with Crippen molar-refractivity contribution in [3.8, 4) is 0 Å². The number of aromatic nitrogens is 1. The molecule has 0 radical (unpaired) electrons. The van der Waals surface area contributed by atoms with Crippen LogP contribution >= 0.6 is 27.3 Å². The second-order valence-corrected chi connectivity index (χ2v) is 7.80. The third-order valence-electron chi connectivity index (χ3n) is 3.71. The molecular weight excluding hydrogens is 342 g/mol. The number of halogens is 1. The van der Waals surface area contributed by atoms with Gasteiger partial charge in [0.2, 0.25) is 11.8 Å². The number of carbonyl (C=O) groups excluding carboxylic acids is 2. The summed E-state index contributed by atoms with van der Waals surface area (Å²) < 4.78 is 0.983. The standard InChI is InChI=1S/C13H16BrN3O2S/c1-6-2-5-8(11(18)15-6)12(19)17-13-16-9(7-3-4-7)10(14)20-13/h6-8H,2-5H2,1H3,(H,15,18)(H,16,17,19). The molecule has 2 atom stereocenters. The first-order valence-electron chi connectivity index (χ1n) is 6.82. The molecule has 1 saturated carbocycles. The highest BCUT2D eigenvalue weighted by molar-refractivity contribution is 9.11. The molecule has 2 heterocycles. The predicted octanol–water partition coefficient (Wildman–Crippen LogP) is 2.64. The molecule has 1 aromatic heterocycles. The van der Waals surface area contributed by atoms with Gasteiger partial charge in [0, 0.05) is 12.0 Å². The Kier molecular flexibility index (Phi) is 3.81. The number of nitrogens with zero attached hydrogens (tertiary/aromatic N) is 1. The van der Waals surface area contributed by atoms with E-state index < -0.39 is 5.92 Å². The highest BCUT2D eigenvalue weighted by Gasteiger charge is 2.33. The van der Waals surface area contributed by atoms with Crippen LogP contribution in [-0.2, 0) is 9.59 Å². The summed E-state index contributed by atoms with van der Waals surface area (Å²) >= 11 is 4.91. The summed E-state index contributed by atoms with van der Waals surface area (Å²) in [4.78, 5) is 28.5. The van der Waals surface area contributed by atoms with E-state index in [2.05, 4.69) is 31.5 Å². The highest BCUT2D eigenvalue weighted by atomic mass is 79.9. The lowest BCUT2D eigenvalue weighted by Gasteiger charge is -2.25. The van der Waals surface area contributed by atoms with Gasteiger partial charge in [-0.2, -0.15) is 0 Å². The molecule has 2 N–H and O–H groups in total. The Balaban J connectivity index is 1.66. The van der Waals surface area contributed by atoms with Crippen LogP contribution in [0.15, 0.2) is 3.79 Å². The molecule has 0 aromatic carbocycles. The van der Waals surface area contributed by atoms with Crippen LogP contribution in [0.5, 0.6) is 0 Å². The molecule has 0 spiro atoms. The van der Waals surface area contributed by atoms with Crippen LogP contribution in [-0.4, -0.2) is 22.8 Å². The van der Waals surface area contributed by atoms with Crippen molar-refractivity contribution in [2.75, 3.05) is 5.32 Å². The van der Waals surface area contributed by atoms with E-state index in [1.807, 2.05) is 6.92 Å². The number of rotatable bonds is 3. The minimum atomic E-state index is -0.599. The van der Waals surface area contributed by atoms with E-state index >= 15 is 0 Å². The summed E-state index contributed by atoms with van der Waals surface area (Å²) in [5, 5.41) is 6.17. The molecule has 1 aliphatic heterocycles. The van der Waals surface area contributed by atoms with E-state index in [4.69, 9.17) is 0 Å². The van der Waals surface area contributed by atoms with Crippen LogP contribution in [0.2, 0.25) is 0 Å². The smallest absolute Gasteiger partial charge is 0.238 e. The first-order chi connectivity index (χ1) is 9.54. The molecule has 2 amide bonds. The molecule has 20 heavy (non-hydrogen) atoms. The van der Waals surface area contributed by atoms with Gasteiger partial charge >= 0.3 is 0 Å². The molecular formula is C13H16BrN3O2S. The Labute approximate surface area is 129 Å². The summed E-state index contributed by atoms with van der Waals surface area (Å²) in [6.45, 7) is 1.95. The highest BCUT2D eigenvalue weighted by Crippen LogP contribution is 2.45. The number of carbonyl (C=O) groups is 2. The zero-order valence-electron chi connectivity index (χ0n) is 11.1. The SMILES string of the molecule is CC1CCC(C(=O)Nc2nc(C3CC3)c(Br)s2)C(=O)N1. The maximum atomic E-state index is 12.2. The molecule has 1 aliphatic carbocycles. The molecule has 2 fully saturated rings. The van der Waals surface area contributed by atoms with Crippen molar-refractivity contribution in [1.82, 2.24) is 10.3 Å². The predicted molar refractivity (Wildman–Crippen MR) is 80.7 cm³/mol. The zero-order valence-corrected chi connectivity index (χ0v) is 13.5. The third-order valence-corrected chi connectivity index (χ3v) is 5.38. The van der Waals surface area contributed by atoms with Crippen LogP contribution in [0, 0.1) is 5.92 Å². The Morgan fingerprint density at radius 3 is 2.80 bits per heavy atom. The Morgan fingerprint density at radius 1 is 1.40 bits per heavy atom. The summed E-state index contributed by atoms with van der Waals surface area (Å²) in [6.07, 6.45) is 3.76. The monoisotopic (exact) mass is 357 g/mol. The Bertz CT molecular complexity index is 556.